The number of hydrogen-bond acceptors (Lipinski definition) is 4. The standard InChI is InChI=1S/C14H16N2O2/c1-9-6-14(18-13-8-17-7-11(13)15)16-12-5-3-2-4-10(9)12/h2-6,11,13H,7-8,15H2,1H3. The van der Waals surface area contributed by atoms with Crippen LogP contribution in [0.1, 0.15) is 5.56 Å². The lowest BCUT2D eigenvalue weighted by atomic mass is 10.1. The molecule has 1 saturated heterocycles. The van der Waals surface area contributed by atoms with Crippen molar-refractivity contribution in [3.63, 3.8) is 0 Å². The van der Waals surface area contributed by atoms with Crippen LogP contribution in [0.25, 0.3) is 10.9 Å². The van der Waals surface area contributed by atoms with Gasteiger partial charge in [-0.25, -0.2) is 4.98 Å². The van der Waals surface area contributed by atoms with E-state index in [1.807, 2.05) is 24.3 Å². The lowest BCUT2D eigenvalue weighted by molar-refractivity contribution is 0.137. The van der Waals surface area contributed by atoms with Crippen LogP contribution in [-0.2, 0) is 4.74 Å². The Morgan fingerprint density at radius 2 is 2.17 bits per heavy atom. The minimum Gasteiger partial charge on any atom is -0.470 e. The van der Waals surface area contributed by atoms with Gasteiger partial charge < -0.3 is 15.2 Å². The van der Waals surface area contributed by atoms with Crippen molar-refractivity contribution < 1.29 is 9.47 Å². The largest absolute Gasteiger partial charge is 0.470 e. The highest BCUT2D eigenvalue weighted by molar-refractivity contribution is 5.82. The molecule has 1 fully saturated rings. The maximum absolute atomic E-state index is 5.90. The average molecular weight is 244 g/mol. The lowest BCUT2D eigenvalue weighted by Crippen LogP contribution is -2.37. The summed E-state index contributed by atoms with van der Waals surface area (Å²) in [6.45, 7) is 3.15. The van der Waals surface area contributed by atoms with Gasteiger partial charge in [-0.05, 0) is 18.6 Å². The normalized spacial score (nSPS) is 23.4. The minimum atomic E-state index is -0.0990. The van der Waals surface area contributed by atoms with Crippen molar-refractivity contribution in [2.24, 2.45) is 5.73 Å². The van der Waals surface area contributed by atoms with Gasteiger partial charge in [-0.2, -0.15) is 0 Å². The summed E-state index contributed by atoms with van der Waals surface area (Å²) in [5.74, 6) is 0.622. The fourth-order valence-corrected chi connectivity index (χ4v) is 2.21. The van der Waals surface area contributed by atoms with E-state index in [2.05, 4.69) is 18.0 Å². The zero-order chi connectivity index (χ0) is 12.5. The van der Waals surface area contributed by atoms with E-state index in [1.54, 1.807) is 0 Å². The molecular formula is C14H16N2O2. The minimum absolute atomic E-state index is 0.0708. The molecule has 1 aromatic carbocycles. The molecule has 4 nitrogen and oxygen atoms in total. The zero-order valence-electron chi connectivity index (χ0n) is 10.3. The van der Waals surface area contributed by atoms with E-state index in [9.17, 15) is 0 Å². The Kier molecular flexibility index (Phi) is 2.89. The first-order valence-electron chi connectivity index (χ1n) is 6.10. The number of aryl methyl sites for hydroxylation is 1. The molecule has 2 heterocycles. The molecule has 0 bridgehead atoms. The van der Waals surface area contributed by atoms with Crippen molar-refractivity contribution in [1.82, 2.24) is 4.98 Å². The second-order valence-electron chi connectivity index (χ2n) is 4.65. The maximum Gasteiger partial charge on any atom is 0.214 e. The topological polar surface area (TPSA) is 57.4 Å². The van der Waals surface area contributed by atoms with Crippen LogP contribution < -0.4 is 10.5 Å². The molecule has 2 aromatic rings. The molecule has 0 aliphatic carbocycles. The number of aromatic nitrogens is 1. The van der Waals surface area contributed by atoms with Gasteiger partial charge in [-0.15, -0.1) is 0 Å². The number of ether oxygens (including phenoxy) is 2. The van der Waals surface area contributed by atoms with E-state index in [0.29, 0.717) is 19.1 Å². The molecule has 18 heavy (non-hydrogen) atoms. The Morgan fingerprint density at radius 1 is 1.33 bits per heavy atom. The smallest absolute Gasteiger partial charge is 0.214 e. The predicted octanol–water partition coefficient (Wildman–Crippen LogP) is 1.65. The van der Waals surface area contributed by atoms with E-state index < -0.39 is 0 Å². The van der Waals surface area contributed by atoms with Crippen LogP contribution in [0.5, 0.6) is 5.88 Å². The first kappa shape index (κ1) is 11.4. The van der Waals surface area contributed by atoms with Crippen molar-refractivity contribution in [1.29, 1.82) is 0 Å². The van der Waals surface area contributed by atoms with Crippen molar-refractivity contribution in [2.75, 3.05) is 13.2 Å². The number of fused-ring (bicyclic) bond motifs is 1. The van der Waals surface area contributed by atoms with Crippen LogP contribution in [-0.4, -0.2) is 30.3 Å². The molecule has 2 N–H and O–H groups in total. The van der Waals surface area contributed by atoms with Crippen molar-refractivity contribution in [3.05, 3.63) is 35.9 Å². The number of hydrogen-bond donors (Lipinski definition) is 1. The van der Waals surface area contributed by atoms with E-state index in [4.69, 9.17) is 15.2 Å². The third-order valence-electron chi connectivity index (χ3n) is 3.24. The molecule has 1 aromatic heterocycles. The number of para-hydroxylation sites is 1. The van der Waals surface area contributed by atoms with Gasteiger partial charge in [0.05, 0.1) is 24.8 Å². The zero-order valence-corrected chi connectivity index (χ0v) is 10.3. The van der Waals surface area contributed by atoms with Gasteiger partial charge in [0.25, 0.3) is 0 Å². The summed E-state index contributed by atoms with van der Waals surface area (Å²) in [5, 5.41) is 1.15. The summed E-state index contributed by atoms with van der Waals surface area (Å²) in [6.07, 6.45) is -0.0990. The Balaban J connectivity index is 1.93. The van der Waals surface area contributed by atoms with Gasteiger partial charge >= 0.3 is 0 Å². The molecule has 0 spiro atoms. The molecule has 1 aliphatic rings. The Hall–Kier alpha value is -1.65. The highest BCUT2D eigenvalue weighted by atomic mass is 16.6. The number of pyridine rings is 1. The molecule has 94 valence electrons. The fraction of sp³-hybridized carbons (Fsp3) is 0.357. The third kappa shape index (κ3) is 2.05. The van der Waals surface area contributed by atoms with Gasteiger partial charge in [0.2, 0.25) is 5.88 Å². The maximum atomic E-state index is 5.90. The summed E-state index contributed by atoms with van der Waals surface area (Å²) in [6, 6.07) is 9.92. The van der Waals surface area contributed by atoms with Gasteiger partial charge in [0, 0.05) is 11.5 Å². The van der Waals surface area contributed by atoms with Gasteiger partial charge in [-0.3, -0.25) is 0 Å². The SMILES string of the molecule is Cc1cc(OC2COCC2N)nc2ccccc12. The van der Waals surface area contributed by atoms with Crippen molar-refractivity contribution in [3.8, 4) is 5.88 Å². The Labute approximate surface area is 106 Å². The van der Waals surface area contributed by atoms with E-state index in [-0.39, 0.29) is 12.1 Å². The predicted molar refractivity (Wildman–Crippen MR) is 69.7 cm³/mol. The van der Waals surface area contributed by atoms with Gasteiger partial charge in [0.15, 0.2) is 0 Å². The highest BCUT2D eigenvalue weighted by Gasteiger charge is 2.27. The lowest BCUT2D eigenvalue weighted by Gasteiger charge is -2.16. The molecule has 2 unspecified atom stereocenters. The quantitative estimate of drug-likeness (QED) is 0.872. The number of benzene rings is 1. The summed E-state index contributed by atoms with van der Waals surface area (Å²) < 4.78 is 11.1. The Bertz CT molecular complexity index is 571. The molecule has 0 amide bonds. The summed E-state index contributed by atoms with van der Waals surface area (Å²) in [7, 11) is 0. The van der Waals surface area contributed by atoms with E-state index in [1.165, 1.54) is 0 Å². The Morgan fingerprint density at radius 3 is 2.94 bits per heavy atom. The summed E-state index contributed by atoms with van der Waals surface area (Å²) >= 11 is 0. The van der Waals surface area contributed by atoms with Crippen LogP contribution in [0.4, 0.5) is 0 Å². The van der Waals surface area contributed by atoms with Crippen LogP contribution in [0.15, 0.2) is 30.3 Å². The summed E-state index contributed by atoms with van der Waals surface area (Å²) in [5.41, 5.74) is 8.00. The molecule has 2 atom stereocenters. The second-order valence-corrected chi connectivity index (χ2v) is 4.65. The molecule has 1 aliphatic heterocycles. The summed E-state index contributed by atoms with van der Waals surface area (Å²) in [4.78, 5) is 4.50. The monoisotopic (exact) mass is 244 g/mol. The first-order chi connectivity index (χ1) is 8.74. The fourth-order valence-electron chi connectivity index (χ4n) is 2.21. The van der Waals surface area contributed by atoms with Crippen molar-refractivity contribution in [2.45, 2.75) is 19.1 Å². The number of nitrogens with zero attached hydrogens (tertiary/aromatic N) is 1. The average Bonchev–Trinajstić information content (AvgIpc) is 2.75. The van der Waals surface area contributed by atoms with Gasteiger partial charge in [0.1, 0.15) is 6.10 Å². The van der Waals surface area contributed by atoms with Crippen LogP contribution in [0, 0.1) is 6.92 Å². The van der Waals surface area contributed by atoms with Gasteiger partial charge in [-0.1, -0.05) is 18.2 Å². The first-order valence-corrected chi connectivity index (χ1v) is 6.10. The van der Waals surface area contributed by atoms with Crippen molar-refractivity contribution >= 4 is 10.9 Å². The van der Waals surface area contributed by atoms with Crippen LogP contribution in [0.2, 0.25) is 0 Å². The number of rotatable bonds is 2. The van der Waals surface area contributed by atoms with E-state index >= 15 is 0 Å². The molecule has 0 radical (unpaired) electrons. The molecular weight excluding hydrogens is 228 g/mol. The second kappa shape index (κ2) is 4.55. The third-order valence-corrected chi connectivity index (χ3v) is 3.24. The van der Waals surface area contributed by atoms with Crippen LogP contribution >= 0.6 is 0 Å². The molecule has 0 saturated carbocycles. The van der Waals surface area contributed by atoms with Crippen LogP contribution in [0.3, 0.4) is 0 Å². The molecule has 4 heteroatoms. The highest BCUT2D eigenvalue weighted by Crippen LogP contribution is 2.22. The van der Waals surface area contributed by atoms with E-state index in [0.717, 1.165) is 16.5 Å². The number of nitrogens with two attached hydrogens (primary N) is 1. The molecule has 3 rings (SSSR count).